The van der Waals surface area contributed by atoms with Crippen molar-refractivity contribution < 1.29 is 23.5 Å². The summed E-state index contributed by atoms with van der Waals surface area (Å²) in [5.41, 5.74) is 1.24. The largest absolute Gasteiger partial charge is 0.350 e. The van der Waals surface area contributed by atoms with E-state index in [2.05, 4.69) is 21.9 Å². The molecule has 2 aromatic carbocycles. The van der Waals surface area contributed by atoms with E-state index < -0.39 is 27.5 Å². The number of hydrogen-bond acceptors (Lipinski definition) is 7. The molecule has 2 atom stereocenters. The fourth-order valence-electron chi connectivity index (χ4n) is 4.74. The van der Waals surface area contributed by atoms with Crippen LogP contribution in [0.5, 0.6) is 0 Å². The average molecular weight is 542 g/mol. The molecule has 38 heavy (non-hydrogen) atoms. The summed E-state index contributed by atoms with van der Waals surface area (Å²) in [6.07, 6.45) is 2.77. The van der Waals surface area contributed by atoms with Crippen LogP contribution in [0.3, 0.4) is 0 Å². The Bertz CT molecular complexity index is 1240. The zero-order valence-corrected chi connectivity index (χ0v) is 22.0. The van der Waals surface area contributed by atoms with Gasteiger partial charge in [-0.25, -0.2) is 4.21 Å². The number of carbonyl (C=O) groups excluding carboxylic acids is 3. The molecule has 11 nitrogen and oxygen atoms in total. The quantitative estimate of drug-likeness (QED) is 0.268. The third-order valence-electron chi connectivity index (χ3n) is 6.71. The van der Waals surface area contributed by atoms with Crippen LogP contribution in [0, 0.1) is 16.0 Å². The number of rotatable bonds is 10. The summed E-state index contributed by atoms with van der Waals surface area (Å²) in [5.74, 6) is -0.487. The average Bonchev–Trinajstić information content (AvgIpc) is 3.21. The van der Waals surface area contributed by atoms with Gasteiger partial charge in [0.15, 0.2) is 11.0 Å². The molecular formula is C26H31N5O6S. The molecule has 2 heterocycles. The van der Waals surface area contributed by atoms with Crippen molar-refractivity contribution in [1.29, 1.82) is 0 Å². The second kappa shape index (κ2) is 12.3. The maximum atomic E-state index is 13.0. The molecule has 2 aliphatic rings. The Balaban J connectivity index is 1.36. The van der Waals surface area contributed by atoms with Gasteiger partial charge in [0.05, 0.1) is 4.92 Å². The number of hydrogen-bond donors (Lipinski definition) is 2. The first-order valence-electron chi connectivity index (χ1n) is 12.6. The van der Waals surface area contributed by atoms with E-state index in [0.29, 0.717) is 11.6 Å². The van der Waals surface area contributed by atoms with Crippen molar-refractivity contribution in [1.82, 2.24) is 15.1 Å². The van der Waals surface area contributed by atoms with Gasteiger partial charge in [-0.05, 0) is 55.1 Å². The lowest BCUT2D eigenvalue weighted by Gasteiger charge is -2.30. The molecule has 4 rings (SSSR count). The number of imide groups is 1. The number of piperidine rings is 1. The normalized spacial score (nSPS) is 18.9. The summed E-state index contributed by atoms with van der Waals surface area (Å²) in [6.45, 7) is 5.30. The van der Waals surface area contributed by atoms with Crippen LogP contribution in [0.2, 0.25) is 0 Å². The SMILES string of the molecule is C[C@H]1CCCN(Cc2ccc(NS(=O)c3ccc(C(=O)NCCN4C(=O)CCC4=O)cc3[N+](=O)[O-])cc2)C1. The molecule has 0 spiro atoms. The van der Waals surface area contributed by atoms with Crippen molar-refractivity contribution >= 4 is 40.1 Å². The minimum absolute atomic E-state index is 0.00732. The second-order valence-electron chi connectivity index (χ2n) is 9.68. The van der Waals surface area contributed by atoms with Gasteiger partial charge >= 0.3 is 0 Å². The van der Waals surface area contributed by atoms with E-state index >= 15 is 0 Å². The van der Waals surface area contributed by atoms with Crippen molar-refractivity contribution in [3.8, 4) is 0 Å². The highest BCUT2D eigenvalue weighted by atomic mass is 32.2. The Kier molecular flexibility index (Phi) is 8.85. The Morgan fingerprint density at radius 1 is 1.13 bits per heavy atom. The van der Waals surface area contributed by atoms with Crippen LogP contribution >= 0.6 is 0 Å². The lowest BCUT2D eigenvalue weighted by atomic mass is 10.00. The van der Waals surface area contributed by atoms with Gasteiger partial charge in [0.1, 0.15) is 4.90 Å². The fraction of sp³-hybridized carbons (Fsp3) is 0.423. The molecule has 1 unspecified atom stereocenters. The summed E-state index contributed by atoms with van der Waals surface area (Å²) in [5, 5.41) is 14.3. The van der Waals surface area contributed by atoms with Crippen molar-refractivity contribution in [3.05, 3.63) is 63.7 Å². The molecule has 2 aliphatic heterocycles. The number of likely N-dealkylation sites (tertiary alicyclic amines) is 2. The van der Waals surface area contributed by atoms with Gasteiger partial charge < -0.3 is 10.0 Å². The molecule has 3 amide bonds. The van der Waals surface area contributed by atoms with Crippen molar-refractivity contribution in [2.45, 2.75) is 44.0 Å². The molecule has 0 saturated carbocycles. The van der Waals surface area contributed by atoms with Crippen molar-refractivity contribution in [3.63, 3.8) is 0 Å². The van der Waals surface area contributed by atoms with Gasteiger partial charge in [-0.2, -0.15) is 0 Å². The van der Waals surface area contributed by atoms with Crippen LogP contribution in [0.25, 0.3) is 0 Å². The number of amides is 3. The predicted octanol–water partition coefficient (Wildman–Crippen LogP) is 2.84. The van der Waals surface area contributed by atoms with Crippen LogP contribution in [0.1, 0.15) is 48.5 Å². The standard InChI is InChI=1S/C26H31N5O6S/c1-18-3-2-13-29(16-18)17-19-4-7-21(8-5-19)28-38(37)23-9-6-20(15-22(23)31(35)36)26(34)27-12-14-30-24(32)10-11-25(30)33/h4-9,15,18,28H,2-3,10-14,16-17H2,1H3,(H,27,34)/t18-,38?/m0/s1. The number of benzene rings is 2. The van der Waals surface area contributed by atoms with Crippen molar-refractivity contribution in [2.24, 2.45) is 5.92 Å². The summed E-state index contributed by atoms with van der Waals surface area (Å²) in [6, 6.07) is 11.2. The molecule has 0 aliphatic carbocycles. The maximum Gasteiger partial charge on any atom is 0.288 e. The highest BCUT2D eigenvalue weighted by Crippen LogP contribution is 2.26. The van der Waals surface area contributed by atoms with E-state index in [-0.39, 0.29) is 48.2 Å². The van der Waals surface area contributed by atoms with Gasteiger partial charge in [-0.15, -0.1) is 0 Å². The molecule has 2 fully saturated rings. The number of nitro groups is 1. The van der Waals surface area contributed by atoms with Crippen LogP contribution < -0.4 is 10.0 Å². The van der Waals surface area contributed by atoms with Crippen LogP contribution in [0.4, 0.5) is 11.4 Å². The van der Waals surface area contributed by atoms with Gasteiger partial charge in [-0.3, -0.25) is 34.3 Å². The number of nitro benzene ring substituents is 1. The molecule has 2 N–H and O–H groups in total. The molecule has 2 aromatic rings. The highest BCUT2D eigenvalue weighted by Gasteiger charge is 2.28. The fourth-order valence-corrected chi connectivity index (χ4v) is 5.72. The van der Waals surface area contributed by atoms with E-state index in [1.165, 1.54) is 25.0 Å². The molecule has 202 valence electrons. The van der Waals surface area contributed by atoms with E-state index in [4.69, 9.17) is 0 Å². The number of nitrogens with zero attached hydrogens (tertiary/aromatic N) is 3. The number of carbonyl (C=O) groups is 3. The van der Waals surface area contributed by atoms with E-state index in [1.807, 2.05) is 12.1 Å². The minimum atomic E-state index is -1.94. The van der Waals surface area contributed by atoms with Gasteiger partial charge in [0.25, 0.3) is 11.6 Å². The second-order valence-corrected chi connectivity index (χ2v) is 10.9. The van der Waals surface area contributed by atoms with Crippen LogP contribution in [-0.2, 0) is 27.1 Å². The Hall–Kier alpha value is -3.64. The lowest BCUT2D eigenvalue weighted by molar-refractivity contribution is -0.387. The van der Waals surface area contributed by atoms with Gasteiger partial charge in [0.2, 0.25) is 11.8 Å². The monoisotopic (exact) mass is 541 g/mol. The first-order valence-corrected chi connectivity index (χ1v) is 13.8. The third kappa shape index (κ3) is 6.81. The molecule has 0 radical (unpaired) electrons. The predicted molar refractivity (Wildman–Crippen MR) is 142 cm³/mol. The molecular weight excluding hydrogens is 510 g/mol. The number of anilines is 1. The topological polar surface area (TPSA) is 142 Å². The van der Waals surface area contributed by atoms with Crippen LogP contribution in [0.15, 0.2) is 47.4 Å². The Labute approximate surface area is 223 Å². The van der Waals surface area contributed by atoms with Crippen LogP contribution in [-0.4, -0.2) is 62.8 Å². The zero-order chi connectivity index (χ0) is 27.2. The first kappa shape index (κ1) is 27.4. The van der Waals surface area contributed by atoms with E-state index in [1.54, 1.807) is 12.1 Å². The zero-order valence-electron chi connectivity index (χ0n) is 21.2. The van der Waals surface area contributed by atoms with Crippen molar-refractivity contribution in [2.75, 3.05) is 30.9 Å². The van der Waals surface area contributed by atoms with Gasteiger partial charge in [0, 0.05) is 56.3 Å². The molecule has 2 saturated heterocycles. The molecule has 0 bridgehead atoms. The highest BCUT2D eigenvalue weighted by molar-refractivity contribution is 7.86. The molecule has 0 aromatic heterocycles. The summed E-state index contributed by atoms with van der Waals surface area (Å²) >= 11 is 0. The third-order valence-corrected chi connectivity index (χ3v) is 7.87. The minimum Gasteiger partial charge on any atom is -0.350 e. The summed E-state index contributed by atoms with van der Waals surface area (Å²) < 4.78 is 15.8. The maximum absolute atomic E-state index is 13.0. The number of nitrogens with one attached hydrogen (secondary N) is 2. The Morgan fingerprint density at radius 3 is 2.50 bits per heavy atom. The molecule has 12 heteroatoms. The summed E-state index contributed by atoms with van der Waals surface area (Å²) in [7, 11) is -1.94. The van der Waals surface area contributed by atoms with E-state index in [0.717, 1.165) is 36.2 Å². The van der Waals surface area contributed by atoms with Gasteiger partial charge in [-0.1, -0.05) is 19.1 Å². The first-order chi connectivity index (χ1) is 18.2. The smallest absolute Gasteiger partial charge is 0.288 e. The lowest BCUT2D eigenvalue weighted by Crippen LogP contribution is -2.37. The van der Waals surface area contributed by atoms with E-state index in [9.17, 15) is 28.7 Å². The summed E-state index contributed by atoms with van der Waals surface area (Å²) in [4.78, 5) is 50.3. The Morgan fingerprint density at radius 2 is 1.84 bits per heavy atom.